The fourth-order valence-electron chi connectivity index (χ4n) is 4.06. The summed E-state index contributed by atoms with van der Waals surface area (Å²) < 4.78 is 1.86. The first-order valence-electron chi connectivity index (χ1n) is 12.0. The molecule has 0 spiro atoms. The summed E-state index contributed by atoms with van der Waals surface area (Å²) >= 11 is 0. The molecule has 0 aliphatic rings. The van der Waals surface area contributed by atoms with Crippen molar-refractivity contribution in [2.75, 3.05) is 0 Å². The Hall–Kier alpha value is -4.53. The van der Waals surface area contributed by atoms with Crippen molar-refractivity contribution >= 4 is 5.78 Å². The number of aromatic amines is 1. The second-order valence-corrected chi connectivity index (χ2v) is 8.55. The summed E-state index contributed by atoms with van der Waals surface area (Å²) in [5.41, 5.74) is 4.82. The van der Waals surface area contributed by atoms with Crippen molar-refractivity contribution in [2.24, 2.45) is 0 Å². The highest BCUT2D eigenvalue weighted by Crippen LogP contribution is 2.29. The lowest BCUT2D eigenvalue weighted by Gasteiger charge is -2.09. The lowest BCUT2D eigenvalue weighted by atomic mass is 10.00. The molecule has 3 heterocycles. The van der Waals surface area contributed by atoms with Crippen molar-refractivity contribution in [2.45, 2.75) is 39.2 Å². The zero-order chi connectivity index (χ0) is 24.7. The molecule has 0 bridgehead atoms. The highest BCUT2D eigenvalue weighted by molar-refractivity contribution is 5.94. The quantitative estimate of drug-likeness (QED) is 0.297. The van der Waals surface area contributed by atoms with Gasteiger partial charge in [0.05, 0.1) is 6.54 Å². The standard InChI is InChI=1S/C27H26N8O/c1-2-3-9-25-29-27(24(36)16-19-7-5-4-6-8-19)32-35(25)18-20-10-12-21(13-11-20)22-14-15-28-17-23(22)26-30-33-34-31-26/h4-8,10-15,17H,2-3,9,16,18H2,1H3,(H,30,31,33,34). The van der Waals surface area contributed by atoms with Crippen molar-refractivity contribution in [3.63, 3.8) is 0 Å². The zero-order valence-corrected chi connectivity index (χ0v) is 20.0. The van der Waals surface area contributed by atoms with Gasteiger partial charge in [-0.3, -0.25) is 9.78 Å². The molecule has 0 amide bonds. The number of ketones is 1. The third kappa shape index (κ3) is 5.25. The van der Waals surface area contributed by atoms with Crippen LogP contribution in [-0.2, 0) is 19.4 Å². The normalized spacial score (nSPS) is 11.0. The molecule has 9 heteroatoms. The molecule has 0 fully saturated rings. The Morgan fingerprint density at radius 1 is 0.972 bits per heavy atom. The van der Waals surface area contributed by atoms with Gasteiger partial charge < -0.3 is 0 Å². The minimum Gasteiger partial charge on any atom is -0.290 e. The van der Waals surface area contributed by atoms with E-state index < -0.39 is 0 Å². The summed E-state index contributed by atoms with van der Waals surface area (Å²) in [5, 5.41) is 18.9. The second-order valence-electron chi connectivity index (χ2n) is 8.55. The predicted molar refractivity (Wildman–Crippen MR) is 135 cm³/mol. The molecule has 1 N–H and O–H groups in total. The van der Waals surface area contributed by atoms with Gasteiger partial charge in [0, 0.05) is 30.8 Å². The van der Waals surface area contributed by atoms with E-state index in [1.807, 2.05) is 41.1 Å². The predicted octanol–water partition coefficient (Wildman–Crippen LogP) is 4.34. The van der Waals surface area contributed by atoms with Crippen LogP contribution in [0.4, 0.5) is 0 Å². The molecule has 0 aliphatic heterocycles. The first-order valence-corrected chi connectivity index (χ1v) is 12.0. The van der Waals surface area contributed by atoms with Gasteiger partial charge in [0.25, 0.3) is 0 Å². The number of unbranched alkanes of at least 4 members (excludes halogenated alkanes) is 1. The SMILES string of the molecule is CCCCc1nc(C(=O)Cc2ccccc2)nn1Cc1ccc(-c2ccncc2-c2nn[nH]n2)cc1. The lowest BCUT2D eigenvalue weighted by molar-refractivity contribution is 0.0982. The van der Waals surface area contributed by atoms with Crippen molar-refractivity contribution in [3.05, 3.63) is 95.8 Å². The van der Waals surface area contributed by atoms with Crippen LogP contribution >= 0.6 is 0 Å². The first-order chi connectivity index (χ1) is 17.7. The average Bonchev–Trinajstić information content (AvgIpc) is 3.59. The summed E-state index contributed by atoms with van der Waals surface area (Å²) in [6, 6.07) is 19.9. The van der Waals surface area contributed by atoms with E-state index in [2.05, 4.69) is 66.9 Å². The molecule has 0 aliphatic carbocycles. The van der Waals surface area contributed by atoms with E-state index in [9.17, 15) is 4.79 Å². The number of nitrogens with zero attached hydrogens (tertiary/aromatic N) is 7. The second kappa shape index (κ2) is 10.8. The third-order valence-electron chi connectivity index (χ3n) is 5.96. The van der Waals surface area contributed by atoms with Gasteiger partial charge >= 0.3 is 0 Å². The highest BCUT2D eigenvalue weighted by Gasteiger charge is 2.17. The molecule has 0 saturated heterocycles. The number of benzene rings is 2. The molecule has 5 rings (SSSR count). The van der Waals surface area contributed by atoms with E-state index in [1.54, 1.807) is 12.4 Å². The van der Waals surface area contributed by atoms with Gasteiger partial charge in [-0.25, -0.2) is 9.67 Å². The summed E-state index contributed by atoms with van der Waals surface area (Å²) in [7, 11) is 0. The number of hydrogen-bond donors (Lipinski definition) is 1. The van der Waals surface area contributed by atoms with Crippen LogP contribution in [-0.4, -0.2) is 46.2 Å². The van der Waals surface area contributed by atoms with Crippen molar-refractivity contribution in [1.82, 2.24) is 40.4 Å². The maximum atomic E-state index is 12.9. The number of hydrogen-bond acceptors (Lipinski definition) is 7. The number of rotatable bonds is 10. The fraction of sp³-hybridized carbons (Fsp3) is 0.222. The molecule has 0 atom stereocenters. The molecule has 5 aromatic rings. The van der Waals surface area contributed by atoms with Crippen LogP contribution in [0.25, 0.3) is 22.5 Å². The fourth-order valence-corrected chi connectivity index (χ4v) is 4.06. The number of carbonyl (C=O) groups excluding carboxylic acids is 1. The highest BCUT2D eigenvalue weighted by atomic mass is 16.1. The Morgan fingerprint density at radius 3 is 2.56 bits per heavy atom. The van der Waals surface area contributed by atoms with E-state index in [1.165, 1.54) is 0 Å². The smallest absolute Gasteiger partial charge is 0.217 e. The van der Waals surface area contributed by atoms with Gasteiger partial charge in [-0.15, -0.1) is 15.3 Å². The van der Waals surface area contributed by atoms with Gasteiger partial charge in [0.15, 0.2) is 0 Å². The minimum absolute atomic E-state index is 0.0697. The molecule has 0 radical (unpaired) electrons. The van der Waals surface area contributed by atoms with Crippen LogP contribution in [0.1, 0.15) is 47.3 Å². The summed E-state index contributed by atoms with van der Waals surface area (Å²) in [6.45, 7) is 2.68. The van der Waals surface area contributed by atoms with Crippen molar-refractivity contribution < 1.29 is 4.79 Å². The number of nitrogens with one attached hydrogen (secondary N) is 1. The monoisotopic (exact) mass is 478 g/mol. The molecular formula is C27H26N8O. The average molecular weight is 479 g/mol. The van der Waals surface area contributed by atoms with Crippen molar-refractivity contribution in [3.8, 4) is 22.5 Å². The van der Waals surface area contributed by atoms with Crippen LogP contribution in [0, 0.1) is 0 Å². The van der Waals surface area contributed by atoms with Gasteiger partial charge in [-0.2, -0.15) is 5.21 Å². The summed E-state index contributed by atoms with van der Waals surface area (Å²) in [6.07, 6.45) is 6.59. The van der Waals surface area contributed by atoms with Gasteiger partial charge in [0.1, 0.15) is 5.82 Å². The summed E-state index contributed by atoms with van der Waals surface area (Å²) in [4.78, 5) is 21.7. The molecule has 0 unspecified atom stereocenters. The number of H-pyrrole nitrogens is 1. The van der Waals surface area contributed by atoms with E-state index in [4.69, 9.17) is 0 Å². The number of tetrazole rings is 1. The van der Waals surface area contributed by atoms with E-state index >= 15 is 0 Å². The maximum Gasteiger partial charge on any atom is 0.217 e. The Balaban J connectivity index is 1.37. The minimum atomic E-state index is -0.0697. The molecule has 3 aromatic heterocycles. The van der Waals surface area contributed by atoms with E-state index in [-0.39, 0.29) is 11.6 Å². The number of aromatic nitrogens is 8. The topological polar surface area (TPSA) is 115 Å². The Labute approximate surface area is 208 Å². The van der Waals surface area contributed by atoms with Gasteiger partial charge in [-0.1, -0.05) is 67.9 Å². The van der Waals surface area contributed by atoms with Crippen LogP contribution in [0.2, 0.25) is 0 Å². The van der Waals surface area contributed by atoms with Crippen LogP contribution in [0.3, 0.4) is 0 Å². The largest absolute Gasteiger partial charge is 0.290 e. The number of pyridine rings is 1. The Bertz CT molecular complexity index is 1430. The molecule has 36 heavy (non-hydrogen) atoms. The lowest BCUT2D eigenvalue weighted by Crippen LogP contribution is -2.09. The maximum absolute atomic E-state index is 12.9. The summed E-state index contributed by atoms with van der Waals surface area (Å²) in [5.74, 6) is 1.55. The van der Waals surface area contributed by atoms with Crippen LogP contribution < -0.4 is 0 Å². The molecule has 9 nitrogen and oxygen atoms in total. The Morgan fingerprint density at radius 2 is 1.81 bits per heavy atom. The van der Waals surface area contributed by atoms with Gasteiger partial charge in [-0.05, 0) is 40.0 Å². The zero-order valence-electron chi connectivity index (χ0n) is 20.0. The first kappa shape index (κ1) is 23.2. The number of Topliss-reactive ketones (excluding diaryl/α,β-unsaturated/α-hetero) is 1. The molecule has 0 saturated carbocycles. The molecule has 180 valence electrons. The van der Waals surface area contributed by atoms with Gasteiger partial charge in [0.2, 0.25) is 17.4 Å². The Kier molecular flexibility index (Phi) is 6.98. The molecular weight excluding hydrogens is 452 g/mol. The number of carbonyl (C=O) groups is 1. The van der Waals surface area contributed by atoms with Crippen LogP contribution in [0.5, 0.6) is 0 Å². The van der Waals surface area contributed by atoms with Crippen LogP contribution in [0.15, 0.2) is 73.1 Å². The van der Waals surface area contributed by atoms with E-state index in [0.29, 0.717) is 18.8 Å². The number of aryl methyl sites for hydroxylation is 1. The molecule has 2 aromatic carbocycles. The van der Waals surface area contributed by atoms with Crippen molar-refractivity contribution in [1.29, 1.82) is 0 Å². The van der Waals surface area contributed by atoms with E-state index in [0.717, 1.165) is 52.9 Å². The third-order valence-corrected chi connectivity index (χ3v) is 5.96.